The zero-order valence-corrected chi connectivity index (χ0v) is 31.5. The van der Waals surface area contributed by atoms with Gasteiger partial charge >= 0.3 is 5.97 Å². The summed E-state index contributed by atoms with van der Waals surface area (Å²) in [5.41, 5.74) is -2.22. The van der Waals surface area contributed by atoms with Crippen LogP contribution in [0.3, 0.4) is 0 Å². The molecule has 3 fully saturated rings. The van der Waals surface area contributed by atoms with E-state index >= 15 is 0 Å². The normalized spacial score (nSPS) is 35.2. The number of methoxy groups -OCH3 is 1. The summed E-state index contributed by atoms with van der Waals surface area (Å²) in [6.45, 7) is 17.6. The van der Waals surface area contributed by atoms with Crippen LogP contribution in [0.25, 0.3) is 0 Å². The highest BCUT2D eigenvalue weighted by Gasteiger charge is 2.51. The van der Waals surface area contributed by atoms with Crippen LogP contribution in [0, 0.1) is 23.2 Å². The summed E-state index contributed by atoms with van der Waals surface area (Å²) in [6.07, 6.45) is 2.44. The molecule has 0 radical (unpaired) electrons. The average Bonchev–Trinajstić information content (AvgIpc) is 2.98. The van der Waals surface area contributed by atoms with E-state index in [1.54, 1.807) is 21.0 Å². The van der Waals surface area contributed by atoms with Crippen LogP contribution in [0.2, 0.25) is 0 Å². The smallest absolute Gasteiger partial charge is 0.319 e. The molecule has 11 nitrogen and oxygen atoms in total. The van der Waals surface area contributed by atoms with E-state index in [-0.39, 0.29) is 48.3 Å². The number of amides is 1. The Balaban J connectivity index is 1.82. The molecule has 0 saturated carbocycles. The summed E-state index contributed by atoms with van der Waals surface area (Å²) in [5, 5.41) is 0. The van der Waals surface area contributed by atoms with Gasteiger partial charge in [-0.2, -0.15) is 0 Å². The fourth-order valence-corrected chi connectivity index (χ4v) is 7.78. The Bertz CT molecular complexity index is 1050. The molecule has 8 atom stereocenters. The van der Waals surface area contributed by atoms with E-state index in [1.165, 1.54) is 0 Å². The second-order valence-electron chi connectivity index (χ2n) is 15.8. The Labute approximate surface area is 284 Å². The molecule has 1 unspecified atom stereocenters. The van der Waals surface area contributed by atoms with Crippen LogP contribution < -0.4 is 0 Å². The maximum absolute atomic E-state index is 14.2. The van der Waals surface area contributed by atoms with Gasteiger partial charge in [0.05, 0.1) is 17.8 Å². The van der Waals surface area contributed by atoms with Crippen molar-refractivity contribution in [1.29, 1.82) is 0 Å². The molecule has 0 spiro atoms. The van der Waals surface area contributed by atoms with Gasteiger partial charge in [-0.15, -0.1) is 0 Å². The molecule has 3 heterocycles. The zero-order chi connectivity index (χ0) is 35.3. The summed E-state index contributed by atoms with van der Waals surface area (Å²) in [7, 11) is 9.94. The van der Waals surface area contributed by atoms with E-state index < -0.39 is 35.3 Å². The number of ketones is 1. The average molecular weight is 667 g/mol. The molecule has 3 saturated heterocycles. The number of hydrogen-bond acceptors (Lipinski definition) is 10. The second-order valence-corrected chi connectivity index (χ2v) is 15.8. The minimum absolute atomic E-state index is 0.00660. The molecule has 3 aliphatic heterocycles. The van der Waals surface area contributed by atoms with Crippen molar-refractivity contribution < 1.29 is 33.3 Å². The minimum Gasteiger partial charge on any atom is -0.463 e. The van der Waals surface area contributed by atoms with E-state index in [0.29, 0.717) is 32.4 Å². The number of likely N-dealkylation sites (N-methyl/N-ethyl adjacent to an activating group) is 1. The van der Waals surface area contributed by atoms with E-state index in [4.69, 9.17) is 18.9 Å². The number of hydrogen-bond donors (Lipinski definition) is 0. The molecule has 47 heavy (non-hydrogen) atoms. The van der Waals surface area contributed by atoms with Crippen molar-refractivity contribution >= 4 is 17.7 Å². The van der Waals surface area contributed by atoms with E-state index in [0.717, 1.165) is 32.5 Å². The van der Waals surface area contributed by atoms with Crippen LogP contribution in [0.15, 0.2) is 0 Å². The lowest BCUT2D eigenvalue weighted by atomic mass is 9.74. The highest BCUT2D eigenvalue weighted by atomic mass is 16.7. The summed E-state index contributed by atoms with van der Waals surface area (Å²) < 4.78 is 25.3. The third-order valence-electron chi connectivity index (χ3n) is 11.1. The summed E-state index contributed by atoms with van der Waals surface area (Å²) >= 11 is 0. The first-order chi connectivity index (χ1) is 21.9. The van der Waals surface area contributed by atoms with Crippen LogP contribution in [-0.2, 0) is 33.3 Å². The van der Waals surface area contributed by atoms with Crippen LogP contribution in [-0.4, -0.2) is 148 Å². The number of carbonyl (C=O) groups is 3. The van der Waals surface area contributed by atoms with Gasteiger partial charge in [0.1, 0.15) is 12.0 Å². The number of ether oxygens (including phenoxy) is 4. The number of likely N-dealkylation sites (tertiary alicyclic amines) is 1. The molecule has 0 aromatic heterocycles. The van der Waals surface area contributed by atoms with Crippen molar-refractivity contribution in [2.45, 2.75) is 117 Å². The Hall–Kier alpha value is -1.63. The van der Waals surface area contributed by atoms with Crippen LogP contribution in [0.1, 0.15) is 80.6 Å². The Morgan fingerprint density at radius 1 is 1.04 bits per heavy atom. The predicted octanol–water partition coefficient (Wildman–Crippen LogP) is 3.54. The van der Waals surface area contributed by atoms with Crippen molar-refractivity contribution in [3.05, 3.63) is 0 Å². The SMILES string of the molecule is CCN(C)CCCC(=O)N1CC(C2COC(=O)C(C)(C)C(=O)[C@H](C)[C@@H](O[C@H]3C[C@@H](N(C)C)C[C@@H](C)O3)[C@](C)(OC)C[C@@H](C)CN2C)C1. The van der Waals surface area contributed by atoms with Crippen LogP contribution >= 0.6 is 0 Å². The molecule has 1 amide bonds. The molecule has 0 aromatic carbocycles. The second kappa shape index (κ2) is 16.9. The zero-order valence-electron chi connectivity index (χ0n) is 31.5. The highest BCUT2D eigenvalue weighted by molar-refractivity contribution is 6.04. The van der Waals surface area contributed by atoms with Crippen LogP contribution in [0.5, 0.6) is 0 Å². The van der Waals surface area contributed by atoms with E-state index in [9.17, 15) is 14.4 Å². The first-order valence-corrected chi connectivity index (χ1v) is 17.8. The number of nitrogens with zero attached hydrogens (tertiary/aromatic N) is 4. The number of rotatable bonds is 10. The maximum atomic E-state index is 14.2. The van der Waals surface area contributed by atoms with Crippen molar-refractivity contribution in [3.63, 3.8) is 0 Å². The first-order valence-electron chi connectivity index (χ1n) is 17.8. The summed E-state index contributed by atoms with van der Waals surface area (Å²) in [4.78, 5) is 49.4. The van der Waals surface area contributed by atoms with Gasteiger partial charge < -0.3 is 33.6 Å². The monoisotopic (exact) mass is 666 g/mol. The molecule has 3 rings (SSSR count). The van der Waals surface area contributed by atoms with Crippen molar-refractivity contribution in [3.8, 4) is 0 Å². The third kappa shape index (κ3) is 9.97. The number of carbonyl (C=O) groups excluding carboxylic acids is 3. The Morgan fingerprint density at radius 3 is 2.30 bits per heavy atom. The molecule has 0 aliphatic carbocycles. The Kier molecular flexibility index (Phi) is 14.3. The fourth-order valence-electron chi connectivity index (χ4n) is 7.78. The minimum atomic E-state index is -1.39. The molecule has 272 valence electrons. The molecular weight excluding hydrogens is 600 g/mol. The first kappa shape index (κ1) is 39.8. The van der Waals surface area contributed by atoms with Crippen LogP contribution in [0.4, 0.5) is 0 Å². The van der Waals surface area contributed by atoms with Gasteiger partial charge in [-0.1, -0.05) is 20.8 Å². The van der Waals surface area contributed by atoms with Gasteiger partial charge in [0.15, 0.2) is 12.1 Å². The molecule has 0 aromatic rings. The molecule has 11 heteroatoms. The molecule has 0 bridgehead atoms. The predicted molar refractivity (Wildman–Crippen MR) is 183 cm³/mol. The van der Waals surface area contributed by atoms with Crippen molar-refractivity contribution in [1.82, 2.24) is 19.6 Å². The standard InChI is InChI=1S/C36H66N4O7/c1-13-38(10)16-14-15-30(41)40-21-27(22-40)29-23-45-34(43)35(5,6)32(42)26(4)33(36(7,44-12)19-24(2)20-39(29)11)47-31-18-28(37(8)9)17-25(3)46-31/h24-29,31,33H,13-23H2,1-12H3/t24-,25-,26+,28+,29?,31+,33-,36-/m1/s1. The Morgan fingerprint density at radius 2 is 1.70 bits per heavy atom. The fraction of sp³-hybridized carbons (Fsp3) is 0.917. The van der Waals surface area contributed by atoms with Gasteiger partial charge in [0.25, 0.3) is 0 Å². The van der Waals surface area contributed by atoms with E-state index in [1.807, 2.05) is 18.7 Å². The van der Waals surface area contributed by atoms with Gasteiger partial charge in [0, 0.05) is 63.5 Å². The lowest BCUT2D eigenvalue weighted by Gasteiger charge is -2.47. The summed E-state index contributed by atoms with van der Waals surface area (Å²) in [6, 6.07) is 0.205. The summed E-state index contributed by atoms with van der Waals surface area (Å²) in [5.74, 6) is -0.926. The molecule has 3 aliphatic rings. The lowest BCUT2D eigenvalue weighted by molar-refractivity contribution is -0.263. The quantitative estimate of drug-likeness (QED) is 0.254. The topological polar surface area (TPSA) is 101 Å². The van der Waals surface area contributed by atoms with Gasteiger partial charge in [-0.3, -0.25) is 19.3 Å². The van der Waals surface area contributed by atoms with Gasteiger partial charge in [-0.25, -0.2) is 0 Å². The number of Topliss-reactive ketones (excluding diaryl/α,β-unsaturated/α-hetero) is 1. The third-order valence-corrected chi connectivity index (χ3v) is 11.1. The largest absolute Gasteiger partial charge is 0.463 e. The van der Waals surface area contributed by atoms with Crippen molar-refractivity contribution in [2.75, 3.05) is 74.6 Å². The lowest BCUT2D eigenvalue weighted by Crippen LogP contribution is -2.59. The molecule has 0 N–H and O–H groups in total. The molecular formula is C36H66N4O7. The highest BCUT2D eigenvalue weighted by Crippen LogP contribution is 2.38. The van der Waals surface area contributed by atoms with Gasteiger partial charge in [0.2, 0.25) is 5.91 Å². The van der Waals surface area contributed by atoms with Crippen molar-refractivity contribution in [2.24, 2.45) is 23.2 Å². The number of esters is 1. The van der Waals surface area contributed by atoms with Gasteiger partial charge in [-0.05, 0) is 94.2 Å². The van der Waals surface area contributed by atoms with E-state index in [2.05, 4.69) is 63.7 Å². The maximum Gasteiger partial charge on any atom is 0.319 e. The number of cyclic esters (lactones) is 1.